The average Bonchev–Trinajstić information content (AvgIpc) is 3.12. The molecule has 2 saturated heterocycles. The number of rotatable bonds is 3. The van der Waals surface area contributed by atoms with Gasteiger partial charge in [-0.1, -0.05) is 17.7 Å². The smallest absolute Gasteiger partial charge is 0.165 e. The second-order valence-corrected chi connectivity index (χ2v) is 7.67. The summed E-state index contributed by atoms with van der Waals surface area (Å²) in [7, 11) is 0. The third-order valence-corrected chi connectivity index (χ3v) is 5.73. The van der Waals surface area contributed by atoms with Crippen LogP contribution < -0.4 is 15.5 Å². The standard InChI is InChI=1S/C19H18ClFN6/c20-12-2-1-3-13(16(12)21)25-18-17-14(23-11-24-18)4-5-15(26-17)27-7-6-19(10-27)8-22-9-19/h1-5,11,22H,6-10H2,(H,23,24,25). The lowest BCUT2D eigenvalue weighted by atomic mass is 9.81. The van der Waals surface area contributed by atoms with Crippen LogP contribution >= 0.6 is 11.6 Å². The fraction of sp³-hybridized carbons (Fsp3) is 0.316. The first-order valence-corrected chi connectivity index (χ1v) is 9.30. The molecule has 2 N–H and O–H groups in total. The molecule has 5 rings (SSSR count). The zero-order chi connectivity index (χ0) is 18.4. The largest absolute Gasteiger partial charge is 0.356 e. The minimum atomic E-state index is -0.513. The Bertz CT molecular complexity index is 1020. The number of aromatic nitrogens is 3. The van der Waals surface area contributed by atoms with Crippen LogP contribution in [0.3, 0.4) is 0 Å². The Hall–Kier alpha value is -2.51. The molecule has 138 valence electrons. The topological polar surface area (TPSA) is 66.0 Å². The van der Waals surface area contributed by atoms with Crippen molar-refractivity contribution in [2.24, 2.45) is 5.41 Å². The predicted molar refractivity (Wildman–Crippen MR) is 104 cm³/mol. The van der Waals surface area contributed by atoms with E-state index in [1.54, 1.807) is 12.1 Å². The first-order chi connectivity index (χ1) is 13.1. The first-order valence-electron chi connectivity index (χ1n) is 8.92. The van der Waals surface area contributed by atoms with Crippen molar-refractivity contribution in [1.82, 2.24) is 20.3 Å². The molecule has 2 fully saturated rings. The molecule has 4 heterocycles. The third kappa shape index (κ3) is 2.87. The molecule has 0 bridgehead atoms. The number of hydrogen-bond acceptors (Lipinski definition) is 6. The van der Waals surface area contributed by atoms with Gasteiger partial charge in [0.15, 0.2) is 11.6 Å². The summed E-state index contributed by atoms with van der Waals surface area (Å²) in [6.07, 6.45) is 2.61. The lowest BCUT2D eigenvalue weighted by Crippen LogP contribution is -2.54. The van der Waals surface area contributed by atoms with Gasteiger partial charge in [-0.25, -0.2) is 19.3 Å². The fourth-order valence-corrected chi connectivity index (χ4v) is 4.00. The van der Waals surface area contributed by atoms with Gasteiger partial charge in [-0.3, -0.25) is 0 Å². The van der Waals surface area contributed by atoms with Gasteiger partial charge in [0.2, 0.25) is 0 Å². The van der Waals surface area contributed by atoms with E-state index in [9.17, 15) is 4.39 Å². The summed E-state index contributed by atoms with van der Waals surface area (Å²) >= 11 is 5.88. The lowest BCUT2D eigenvalue weighted by Gasteiger charge is -2.39. The van der Waals surface area contributed by atoms with Crippen LogP contribution in [0, 0.1) is 11.2 Å². The van der Waals surface area contributed by atoms with Crippen molar-refractivity contribution < 1.29 is 4.39 Å². The quantitative estimate of drug-likeness (QED) is 0.721. The maximum Gasteiger partial charge on any atom is 0.165 e. The van der Waals surface area contributed by atoms with E-state index < -0.39 is 5.82 Å². The minimum Gasteiger partial charge on any atom is -0.356 e. The van der Waals surface area contributed by atoms with Gasteiger partial charge >= 0.3 is 0 Å². The molecule has 2 aromatic heterocycles. The van der Waals surface area contributed by atoms with E-state index >= 15 is 0 Å². The molecule has 0 saturated carbocycles. The Kier molecular flexibility index (Phi) is 3.87. The molecule has 0 amide bonds. The van der Waals surface area contributed by atoms with Crippen LogP contribution in [0.15, 0.2) is 36.7 Å². The molecule has 0 atom stereocenters. The maximum absolute atomic E-state index is 14.3. The van der Waals surface area contributed by atoms with Crippen molar-refractivity contribution in [2.45, 2.75) is 6.42 Å². The summed E-state index contributed by atoms with van der Waals surface area (Å²) in [6.45, 7) is 4.12. The van der Waals surface area contributed by atoms with Gasteiger partial charge in [0.05, 0.1) is 16.2 Å². The molecule has 27 heavy (non-hydrogen) atoms. The van der Waals surface area contributed by atoms with Crippen LogP contribution in [0.2, 0.25) is 5.02 Å². The number of hydrogen-bond donors (Lipinski definition) is 2. The Morgan fingerprint density at radius 1 is 1.19 bits per heavy atom. The zero-order valence-corrected chi connectivity index (χ0v) is 15.3. The summed E-state index contributed by atoms with van der Waals surface area (Å²) in [5.41, 5.74) is 1.96. The van der Waals surface area contributed by atoms with Gasteiger partial charge in [-0.05, 0) is 30.7 Å². The fourth-order valence-electron chi connectivity index (χ4n) is 3.82. The predicted octanol–water partition coefficient (Wildman–Crippen LogP) is 3.36. The highest BCUT2D eigenvalue weighted by Crippen LogP contribution is 2.36. The molecule has 0 unspecified atom stereocenters. The molecule has 6 nitrogen and oxygen atoms in total. The third-order valence-electron chi connectivity index (χ3n) is 5.43. The maximum atomic E-state index is 14.3. The van der Waals surface area contributed by atoms with Crippen molar-refractivity contribution in [1.29, 1.82) is 0 Å². The lowest BCUT2D eigenvalue weighted by molar-refractivity contribution is 0.199. The Labute approximate surface area is 160 Å². The molecule has 1 spiro atoms. The SMILES string of the molecule is Fc1c(Cl)cccc1Nc1ncnc2ccc(N3CCC4(CNC4)C3)nc12. The van der Waals surface area contributed by atoms with E-state index in [2.05, 4.69) is 25.5 Å². The molecule has 2 aliphatic rings. The van der Waals surface area contributed by atoms with Gasteiger partial charge in [0.25, 0.3) is 0 Å². The second-order valence-electron chi connectivity index (χ2n) is 7.26. The van der Waals surface area contributed by atoms with Crippen LogP contribution in [-0.2, 0) is 0 Å². The van der Waals surface area contributed by atoms with Crippen LogP contribution in [0.1, 0.15) is 6.42 Å². The number of nitrogens with zero attached hydrogens (tertiary/aromatic N) is 4. The van der Waals surface area contributed by atoms with Gasteiger partial charge < -0.3 is 15.5 Å². The molecule has 0 aliphatic carbocycles. The summed E-state index contributed by atoms with van der Waals surface area (Å²) < 4.78 is 14.3. The highest BCUT2D eigenvalue weighted by molar-refractivity contribution is 6.31. The van der Waals surface area contributed by atoms with Crippen LogP contribution in [0.5, 0.6) is 0 Å². The molecule has 1 aromatic carbocycles. The Morgan fingerprint density at radius 3 is 2.85 bits per heavy atom. The van der Waals surface area contributed by atoms with E-state index in [4.69, 9.17) is 16.6 Å². The minimum absolute atomic E-state index is 0.0588. The molecular weight excluding hydrogens is 367 g/mol. The molecular formula is C19H18ClFN6. The first kappa shape index (κ1) is 16.6. The van der Waals surface area contributed by atoms with E-state index in [1.165, 1.54) is 18.8 Å². The van der Waals surface area contributed by atoms with Crippen LogP contribution in [0.4, 0.5) is 21.7 Å². The summed E-state index contributed by atoms with van der Waals surface area (Å²) in [4.78, 5) is 15.7. The van der Waals surface area contributed by atoms with Gasteiger partial charge in [-0.15, -0.1) is 0 Å². The van der Waals surface area contributed by atoms with E-state index in [1.807, 2.05) is 12.1 Å². The number of halogens is 2. The number of anilines is 3. The van der Waals surface area contributed by atoms with Crippen LogP contribution in [-0.4, -0.2) is 41.1 Å². The highest BCUT2D eigenvalue weighted by atomic mass is 35.5. The van der Waals surface area contributed by atoms with Gasteiger partial charge in [0, 0.05) is 31.6 Å². The van der Waals surface area contributed by atoms with Gasteiger partial charge in [0.1, 0.15) is 17.7 Å². The summed E-state index contributed by atoms with van der Waals surface area (Å²) in [5, 5.41) is 6.44. The second kappa shape index (κ2) is 6.28. The Balaban J connectivity index is 1.50. The monoisotopic (exact) mass is 384 g/mol. The Morgan fingerprint density at radius 2 is 2.07 bits per heavy atom. The highest BCUT2D eigenvalue weighted by Gasteiger charge is 2.43. The van der Waals surface area contributed by atoms with Crippen molar-refractivity contribution in [2.75, 3.05) is 36.4 Å². The van der Waals surface area contributed by atoms with E-state index in [-0.39, 0.29) is 10.7 Å². The number of benzene rings is 1. The summed E-state index contributed by atoms with van der Waals surface area (Å²) in [6, 6.07) is 8.74. The van der Waals surface area contributed by atoms with Crippen molar-refractivity contribution in [3.05, 3.63) is 47.5 Å². The normalized spacial score (nSPS) is 18.1. The number of pyridine rings is 1. The molecule has 8 heteroatoms. The number of fused-ring (bicyclic) bond motifs is 1. The van der Waals surface area contributed by atoms with Crippen molar-refractivity contribution >= 4 is 40.0 Å². The zero-order valence-electron chi connectivity index (χ0n) is 14.5. The average molecular weight is 385 g/mol. The van der Waals surface area contributed by atoms with Crippen molar-refractivity contribution in [3.8, 4) is 0 Å². The van der Waals surface area contributed by atoms with Gasteiger partial charge in [-0.2, -0.15) is 0 Å². The van der Waals surface area contributed by atoms with Crippen LogP contribution in [0.25, 0.3) is 11.0 Å². The summed E-state index contributed by atoms with van der Waals surface area (Å²) in [5.74, 6) is 0.846. The van der Waals surface area contributed by atoms with Crippen molar-refractivity contribution in [3.63, 3.8) is 0 Å². The molecule has 0 radical (unpaired) electrons. The van der Waals surface area contributed by atoms with E-state index in [0.29, 0.717) is 22.3 Å². The molecule has 3 aromatic rings. The van der Waals surface area contributed by atoms with E-state index in [0.717, 1.165) is 32.0 Å². The number of nitrogens with one attached hydrogen (secondary N) is 2. The molecule has 2 aliphatic heterocycles.